The molecule has 35 heavy (non-hydrogen) atoms. The van der Waals surface area contributed by atoms with Gasteiger partial charge in [0.15, 0.2) is 0 Å². The van der Waals surface area contributed by atoms with Gasteiger partial charge in [-0.15, -0.1) is 0 Å². The number of hydrogen-bond donors (Lipinski definition) is 3. The number of benzene rings is 2. The molecule has 1 saturated heterocycles. The largest absolute Gasteiger partial charge is 0.396 e. The zero-order valence-corrected chi connectivity index (χ0v) is 19.7. The first-order valence-electron chi connectivity index (χ1n) is 12.2. The summed E-state index contributed by atoms with van der Waals surface area (Å²) in [5.74, 6) is -0.935. The van der Waals surface area contributed by atoms with Gasteiger partial charge in [-0.3, -0.25) is 9.69 Å². The van der Waals surface area contributed by atoms with Gasteiger partial charge < -0.3 is 21.7 Å². The summed E-state index contributed by atoms with van der Waals surface area (Å²) in [5.41, 5.74) is 14.7. The van der Waals surface area contributed by atoms with E-state index in [2.05, 4.69) is 20.1 Å². The molecule has 8 heteroatoms. The van der Waals surface area contributed by atoms with Crippen molar-refractivity contribution in [3.05, 3.63) is 66.0 Å². The van der Waals surface area contributed by atoms with Gasteiger partial charge in [0.05, 0.1) is 16.9 Å². The van der Waals surface area contributed by atoms with Crippen molar-refractivity contribution in [2.75, 3.05) is 47.9 Å². The van der Waals surface area contributed by atoms with Gasteiger partial charge in [0, 0.05) is 49.2 Å². The maximum absolute atomic E-state index is 14.5. The first kappa shape index (κ1) is 23.1. The molecular weight excluding hydrogens is 443 g/mol. The molecule has 0 spiro atoms. The van der Waals surface area contributed by atoms with Crippen LogP contribution in [0.5, 0.6) is 0 Å². The maximum atomic E-state index is 14.5. The van der Waals surface area contributed by atoms with E-state index in [9.17, 15) is 9.18 Å². The van der Waals surface area contributed by atoms with Crippen LogP contribution < -0.4 is 21.7 Å². The number of hydrogen-bond acceptors (Lipinski definition) is 6. The van der Waals surface area contributed by atoms with Crippen LogP contribution in [0.15, 0.2) is 54.6 Å². The monoisotopic (exact) mass is 474 g/mol. The minimum absolute atomic E-state index is 0.0631. The highest BCUT2D eigenvalue weighted by Gasteiger charge is 2.26. The van der Waals surface area contributed by atoms with Crippen LogP contribution in [0.1, 0.15) is 36.0 Å². The summed E-state index contributed by atoms with van der Waals surface area (Å²) >= 11 is 0. The minimum Gasteiger partial charge on any atom is -0.396 e. The second-order valence-corrected chi connectivity index (χ2v) is 9.33. The van der Waals surface area contributed by atoms with Gasteiger partial charge in [-0.2, -0.15) is 0 Å². The lowest BCUT2D eigenvalue weighted by Crippen LogP contribution is -2.49. The molecule has 7 nitrogen and oxygen atoms in total. The number of piperazine rings is 1. The summed E-state index contributed by atoms with van der Waals surface area (Å²) < 4.78 is 14.5. The van der Waals surface area contributed by atoms with E-state index in [-0.39, 0.29) is 11.4 Å². The predicted octanol–water partition coefficient (Wildman–Crippen LogP) is 4.37. The molecule has 5 N–H and O–H groups in total. The van der Waals surface area contributed by atoms with Crippen LogP contribution in [-0.2, 0) is 0 Å². The van der Waals surface area contributed by atoms with E-state index in [4.69, 9.17) is 11.5 Å². The molecule has 2 aliphatic rings. The first-order chi connectivity index (χ1) is 17.0. The molecule has 1 saturated carbocycles. The fourth-order valence-electron chi connectivity index (χ4n) is 5.07. The Balaban J connectivity index is 1.23. The molecule has 0 radical (unpaired) electrons. The summed E-state index contributed by atoms with van der Waals surface area (Å²) in [5, 5.41) is 2.80. The number of aromatic nitrogens is 1. The number of pyridine rings is 1. The third-order valence-electron chi connectivity index (χ3n) is 7.11. The Morgan fingerprint density at radius 1 is 0.943 bits per heavy atom. The average Bonchev–Trinajstić information content (AvgIpc) is 3.42. The van der Waals surface area contributed by atoms with Crippen LogP contribution in [-0.4, -0.2) is 48.0 Å². The average molecular weight is 475 g/mol. The highest BCUT2D eigenvalue weighted by atomic mass is 19.1. The molecule has 182 valence electrons. The number of nitrogens with zero attached hydrogens (tertiary/aromatic N) is 3. The van der Waals surface area contributed by atoms with Crippen LogP contribution >= 0.6 is 0 Å². The van der Waals surface area contributed by atoms with Gasteiger partial charge in [0.1, 0.15) is 11.6 Å². The Morgan fingerprint density at radius 3 is 2.34 bits per heavy atom. The molecule has 5 rings (SSSR count). The lowest BCUT2D eigenvalue weighted by molar-refractivity contribution is 0.102. The Morgan fingerprint density at radius 2 is 1.66 bits per heavy atom. The van der Waals surface area contributed by atoms with Crippen LogP contribution in [0, 0.1) is 5.82 Å². The first-order valence-corrected chi connectivity index (χ1v) is 12.2. The number of rotatable bonds is 5. The topological polar surface area (TPSA) is 101 Å². The number of nitrogens with two attached hydrogens (primary N) is 2. The standard InChI is InChI=1S/C27H31FN6O/c28-23-10-5-18(25-12-11-24(29)26(30)32-25)17-22(23)27(35)31-19-6-8-21(9-7-19)34-15-13-33(14-16-34)20-3-1-2-4-20/h5-12,17,20H,1-4,13-16,29H2,(H2,30,32)(H,31,35). The molecule has 2 aromatic carbocycles. The van der Waals surface area contributed by atoms with Crippen molar-refractivity contribution in [1.82, 2.24) is 9.88 Å². The molecule has 1 aliphatic heterocycles. The molecular formula is C27H31FN6O. The van der Waals surface area contributed by atoms with Gasteiger partial charge in [-0.1, -0.05) is 12.8 Å². The van der Waals surface area contributed by atoms with Crippen molar-refractivity contribution in [3.8, 4) is 11.3 Å². The summed E-state index contributed by atoms with van der Waals surface area (Å²) in [6.45, 7) is 4.19. The van der Waals surface area contributed by atoms with E-state index in [0.717, 1.165) is 37.9 Å². The van der Waals surface area contributed by atoms with E-state index in [0.29, 0.717) is 22.6 Å². The van der Waals surface area contributed by atoms with E-state index in [1.54, 1.807) is 18.2 Å². The van der Waals surface area contributed by atoms with E-state index in [1.807, 2.05) is 24.3 Å². The number of nitrogens with one attached hydrogen (secondary N) is 1. The highest BCUT2D eigenvalue weighted by Crippen LogP contribution is 2.27. The van der Waals surface area contributed by atoms with Gasteiger partial charge in [-0.05, 0) is 67.4 Å². The number of anilines is 4. The summed E-state index contributed by atoms with van der Waals surface area (Å²) in [7, 11) is 0. The number of halogens is 1. The highest BCUT2D eigenvalue weighted by molar-refractivity contribution is 6.05. The molecule has 3 aromatic rings. The zero-order valence-electron chi connectivity index (χ0n) is 19.7. The Hall–Kier alpha value is -3.65. The molecule has 1 aliphatic carbocycles. The lowest BCUT2D eigenvalue weighted by Gasteiger charge is -2.39. The van der Waals surface area contributed by atoms with E-state index >= 15 is 0 Å². The van der Waals surface area contributed by atoms with Crippen molar-refractivity contribution in [1.29, 1.82) is 0 Å². The molecule has 2 fully saturated rings. The quantitative estimate of drug-likeness (QED) is 0.508. The van der Waals surface area contributed by atoms with E-state index in [1.165, 1.54) is 37.8 Å². The van der Waals surface area contributed by atoms with E-state index < -0.39 is 11.7 Å². The normalized spacial score (nSPS) is 17.0. The van der Waals surface area contributed by atoms with Crippen LogP contribution in [0.4, 0.5) is 27.3 Å². The van der Waals surface area contributed by atoms with Gasteiger partial charge in [0.25, 0.3) is 5.91 Å². The number of nitrogen functional groups attached to an aromatic ring is 2. The zero-order chi connectivity index (χ0) is 24.4. The van der Waals surface area contributed by atoms with Crippen molar-refractivity contribution in [3.63, 3.8) is 0 Å². The van der Waals surface area contributed by atoms with Crippen molar-refractivity contribution < 1.29 is 9.18 Å². The Kier molecular flexibility index (Phi) is 6.55. The fourth-order valence-corrected chi connectivity index (χ4v) is 5.07. The summed E-state index contributed by atoms with van der Waals surface area (Å²) in [4.78, 5) is 22.1. The third-order valence-corrected chi connectivity index (χ3v) is 7.11. The van der Waals surface area contributed by atoms with Crippen molar-refractivity contribution >= 4 is 28.8 Å². The fraction of sp³-hybridized carbons (Fsp3) is 0.333. The van der Waals surface area contributed by atoms with Gasteiger partial charge in [0.2, 0.25) is 0 Å². The Labute approximate surface area is 204 Å². The second-order valence-electron chi connectivity index (χ2n) is 9.33. The molecule has 2 heterocycles. The second kappa shape index (κ2) is 9.92. The SMILES string of the molecule is Nc1ccc(-c2ccc(F)c(C(=O)Nc3ccc(N4CCN(C5CCCC5)CC4)cc3)c2)nc1N. The van der Waals surface area contributed by atoms with Crippen LogP contribution in [0.3, 0.4) is 0 Å². The van der Waals surface area contributed by atoms with Crippen molar-refractivity contribution in [2.24, 2.45) is 0 Å². The number of carbonyl (C=O) groups is 1. The van der Waals surface area contributed by atoms with Crippen LogP contribution in [0.25, 0.3) is 11.3 Å². The maximum Gasteiger partial charge on any atom is 0.258 e. The molecule has 1 aromatic heterocycles. The lowest BCUT2D eigenvalue weighted by atomic mass is 10.1. The van der Waals surface area contributed by atoms with Crippen molar-refractivity contribution in [2.45, 2.75) is 31.7 Å². The number of amides is 1. The Bertz CT molecular complexity index is 1200. The predicted molar refractivity (Wildman–Crippen MR) is 139 cm³/mol. The van der Waals surface area contributed by atoms with Crippen LogP contribution in [0.2, 0.25) is 0 Å². The minimum atomic E-state index is -0.605. The van der Waals surface area contributed by atoms with Gasteiger partial charge in [-0.25, -0.2) is 9.37 Å². The molecule has 0 bridgehead atoms. The van der Waals surface area contributed by atoms with Gasteiger partial charge >= 0.3 is 0 Å². The smallest absolute Gasteiger partial charge is 0.258 e. The molecule has 1 amide bonds. The summed E-state index contributed by atoms with van der Waals surface area (Å²) in [6.07, 6.45) is 5.39. The number of carbonyl (C=O) groups excluding carboxylic acids is 1. The molecule has 0 unspecified atom stereocenters. The third kappa shape index (κ3) is 5.07. The molecule has 0 atom stereocenters. The summed E-state index contributed by atoms with van der Waals surface area (Å²) in [6, 6.07) is 16.1.